The van der Waals surface area contributed by atoms with Crippen molar-refractivity contribution < 1.29 is 15.1 Å². The SMILES string of the molecule is O=[N+]([O-])c1ccc(C#CCO)cc1CO. The number of hydrogen-bond donors (Lipinski definition) is 2. The standard InChI is InChI=1S/C10H9NO4/c12-5-1-2-8-3-4-10(11(14)15)9(6-8)7-13/h3-4,6,12-13H,5,7H2. The van der Waals surface area contributed by atoms with Gasteiger partial charge in [-0.1, -0.05) is 11.8 Å². The molecule has 0 heterocycles. The highest BCUT2D eigenvalue weighted by atomic mass is 16.6. The topological polar surface area (TPSA) is 83.6 Å². The van der Waals surface area contributed by atoms with Crippen LogP contribution in [-0.4, -0.2) is 21.7 Å². The van der Waals surface area contributed by atoms with Gasteiger partial charge in [0.15, 0.2) is 0 Å². The summed E-state index contributed by atoms with van der Waals surface area (Å²) in [5.41, 5.74) is 0.607. The van der Waals surface area contributed by atoms with Crippen LogP contribution in [0.1, 0.15) is 11.1 Å². The Morgan fingerprint density at radius 1 is 1.40 bits per heavy atom. The van der Waals surface area contributed by atoms with Gasteiger partial charge in [-0.05, 0) is 12.1 Å². The van der Waals surface area contributed by atoms with Crippen molar-refractivity contribution in [3.05, 3.63) is 39.4 Å². The molecule has 1 aromatic rings. The predicted molar refractivity (Wildman–Crippen MR) is 53.0 cm³/mol. The van der Waals surface area contributed by atoms with E-state index < -0.39 is 11.5 Å². The molecule has 0 amide bonds. The fourth-order valence-electron chi connectivity index (χ4n) is 1.11. The fraction of sp³-hybridized carbons (Fsp3) is 0.200. The lowest BCUT2D eigenvalue weighted by Crippen LogP contribution is -1.95. The van der Waals surface area contributed by atoms with E-state index in [0.717, 1.165) is 0 Å². The Balaban J connectivity index is 3.13. The molecule has 0 radical (unpaired) electrons. The summed E-state index contributed by atoms with van der Waals surface area (Å²) in [7, 11) is 0. The Bertz CT molecular complexity index is 431. The predicted octanol–water partition coefficient (Wildman–Crippen LogP) is 0.431. The molecule has 2 N–H and O–H groups in total. The molecule has 5 nitrogen and oxygen atoms in total. The summed E-state index contributed by atoms with van der Waals surface area (Å²) < 4.78 is 0. The van der Waals surface area contributed by atoms with Gasteiger partial charge in [0.05, 0.1) is 17.1 Å². The second-order valence-electron chi connectivity index (χ2n) is 2.72. The first-order valence-corrected chi connectivity index (χ1v) is 4.17. The van der Waals surface area contributed by atoms with Crippen LogP contribution >= 0.6 is 0 Å². The number of hydrogen-bond acceptors (Lipinski definition) is 4. The lowest BCUT2D eigenvalue weighted by atomic mass is 10.1. The molecule has 0 fully saturated rings. The molecular formula is C10H9NO4. The average molecular weight is 207 g/mol. The highest BCUT2D eigenvalue weighted by molar-refractivity contribution is 5.47. The van der Waals surface area contributed by atoms with E-state index in [1.54, 1.807) is 0 Å². The zero-order valence-corrected chi connectivity index (χ0v) is 7.80. The molecule has 0 atom stereocenters. The maximum atomic E-state index is 10.5. The van der Waals surface area contributed by atoms with E-state index in [9.17, 15) is 10.1 Å². The molecule has 15 heavy (non-hydrogen) atoms. The summed E-state index contributed by atoms with van der Waals surface area (Å²) in [6.45, 7) is -0.684. The van der Waals surface area contributed by atoms with Crippen molar-refractivity contribution in [2.75, 3.05) is 6.61 Å². The van der Waals surface area contributed by atoms with Crippen LogP contribution in [-0.2, 0) is 6.61 Å². The van der Waals surface area contributed by atoms with Gasteiger partial charge in [0.25, 0.3) is 5.69 Å². The summed E-state index contributed by atoms with van der Waals surface area (Å²) in [5, 5.41) is 27.9. The summed E-state index contributed by atoms with van der Waals surface area (Å²) >= 11 is 0. The maximum Gasteiger partial charge on any atom is 0.274 e. The minimum atomic E-state index is -0.561. The molecule has 0 unspecified atom stereocenters. The number of nitrogens with zero attached hydrogens (tertiary/aromatic N) is 1. The number of rotatable bonds is 2. The lowest BCUT2D eigenvalue weighted by Gasteiger charge is -1.99. The second-order valence-corrected chi connectivity index (χ2v) is 2.72. The molecule has 1 aromatic carbocycles. The maximum absolute atomic E-state index is 10.5. The van der Waals surface area contributed by atoms with Crippen molar-refractivity contribution in [1.29, 1.82) is 0 Å². The largest absolute Gasteiger partial charge is 0.391 e. The van der Waals surface area contributed by atoms with Crippen molar-refractivity contribution in [2.24, 2.45) is 0 Å². The number of nitro groups is 1. The highest BCUT2D eigenvalue weighted by Gasteiger charge is 2.12. The number of aliphatic hydroxyl groups is 2. The Kier molecular flexibility index (Phi) is 3.80. The van der Waals surface area contributed by atoms with Crippen LogP contribution in [0.2, 0.25) is 0 Å². The Labute approximate surface area is 86.1 Å². The summed E-state index contributed by atoms with van der Waals surface area (Å²) in [5.74, 6) is 5.02. The van der Waals surface area contributed by atoms with Crippen LogP contribution in [0.4, 0.5) is 5.69 Å². The molecule has 0 aliphatic heterocycles. The van der Waals surface area contributed by atoms with Gasteiger partial charge in [-0.15, -0.1) is 0 Å². The molecular weight excluding hydrogens is 198 g/mol. The van der Waals surface area contributed by atoms with Gasteiger partial charge < -0.3 is 10.2 Å². The zero-order chi connectivity index (χ0) is 11.3. The van der Waals surface area contributed by atoms with Crippen LogP contribution in [0.25, 0.3) is 0 Å². The van der Waals surface area contributed by atoms with Gasteiger partial charge in [0, 0.05) is 11.6 Å². The van der Waals surface area contributed by atoms with E-state index in [1.807, 2.05) is 0 Å². The first kappa shape index (κ1) is 11.2. The van der Waals surface area contributed by atoms with Crippen LogP contribution in [0.5, 0.6) is 0 Å². The molecule has 0 saturated heterocycles. The smallest absolute Gasteiger partial charge is 0.274 e. The Morgan fingerprint density at radius 3 is 2.67 bits per heavy atom. The molecule has 1 rings (SSSR count). The van der Waals surface area contributed by atoms with Crippen molar-refractivity contribution >= 4 is 5.69 Å². The molecule has 0 aliphatic carbocycles. The van der Waals surface area contributed by atoms with Crippen molar-refractivity contribution in [2.45, 2.75) is 6.61 Å². The highest BCUT2D eigenvalue weighted by Crippen LogP contribution is 2.19. The van der Waals surface area contributed by atoms with Gasteiger partial charge in [0.2, 0.25) is 0 Å². The van der Waals surface area contributed by atoms with Gasteiger partial charge in [-0.3, -0.25) is 10.1 Å². The summed E-state index contributed by atoms with van der Waals surface area (Å²) in [4.78, 5) is 9.96. The van der Waals surface area contributed by atoms with Gasteiger partial charge in [-0.2, -0.15) is 0 Å². The average Bonchev–Trinajstić information content (AvgIpc) is 2.25. The van der Waals surface area contributed by atoms with Crippen LogP contribution in [0.3, 0.4) is 0 Å². The van der Waals surface area contributed by atoms with Crippen molar-refractivity contribution in [1.82, 2.24) is 0 Å². The molecule has 0 aliphatic rings. The van der Waals surface area contributed by atoms with E-state index in [1.165, 1.54) is 18.2 Å². The third-order valence-corrected chi connectivity index (χ3v) is 1.76. The summed E-state index contributed by atoms with van der Waals surface area (Å²) in [6.07, 6.45) is 0. The zero-order valence-electron chi connectivity index (χ0n) is 7.80. The Morgan fingerprint density at radius 2 is 2.13 bits per heavy atom. The third-order valence-electron chi connectivity index (χ3n) is 1.76. The summed E-state index contributed by atoms with van der Waals surface area (Å²) in [6, 6.07) is 4.19. The minimum Gasteiger partial charge on any atom is -0.391 e. The van der Waals surface area contributed by atoms with E-state index in [2.05, 4.69) is 11.8 Å². The van der Waals surface area contributed by atoms with Crippen LogP contribution < -0.4 is 0 Å². The first-order chi connectivity index (χ1) is 7.19. The van der Waals surface area contributed by atoms with E-state index in [4.69, 9.17) is 10.2 Å². The monoisotopic (exact) mass is 207 g/mol. The molecule has 5 heteroatoms. The quantitative estimate of drug-likeness (QED) is 0.418. The molecule has 0 bridgehead atoms. The lowest BCUT2D eigenvalue weighted by molar-refractivity contribution is -0.385. The third kappa shape index (κ3) is 2.77. The first-order valence-electron chi connectivity index (χ1n) is 4.17. The van der Waals surface area contributed by atoms with Crippen LogP contribution in [0.15, 0.2) is 18.2 Å². The minimum absolute atomic E-state index is 0.132. The van der Waals surface area contributed by atoms with E-state index >= 15 is 0 Å². The van der Waals surface area contributed by atoms with Gasteiger partial charge in [0.1, 0.15) is 6.61 Å². The molecule has 78 valence electrons. The van der Waals surface area contributed by atoms with E-state index in [0.29, 0.717) is 5.56 Å². The molecule has 0 aromatic heterocycles. The second kappa shape index (κ2) is 5.10. The van der Waals surface area contributed by atoms with Gasteiger partial charge in [-0.25, -0.2) is 0 Å². The fourth-order valence-corrected chi connectivity index (χ4v) is 1.11. The van der Waals surface area contributed by atoms with Crippen molar-refractivity contribution in [3.63, 3.8) is 0 Å². The normalized spacial score (nSPS) is 9.20. The number of nitro benzene ring substituents is 1. The number of benzene rings is 1. The van der Waals surface area contributed by atoms with E-state index in [-0.39, 0.29) is 17.9 Å². The number of aliphatic hydroxyl groups excluding tert-OH is 2. The molecule has 0 spiro atoms. The van der Waals surface area contributed by atoms with Crippen LogP contribution in [0, 0.1) is 22.0 Å². The Hall–Kier alpha value is -1.90. The van der Waals surface area contributed by atoms with Crippen molar-refractivity contribution in [3.8, 4) is 11.8 Å². The molecule has 0 saturated carbocycles. The van der Waals surface area contributed by atoms with Gasteiger partial charge >= 0.3 is 0 Å².